The Labute approximate surface area is 156 Å². The number of benzene rings is 2. The standard InChI is InChI=1S/C19H20N2O6/c1-24-15-9-12(10-16(25-2)17(15)26-3)18(22)20-13-5-4-6-14(11-13)21-7-8-27-19(21)23/h4-6,9-11H,7-8H2,1-3H3,(H,20,22). The lowest BCUT2D eigenvalue weighted by atomic mass is 10.1. The van der Waals surface area contributed by atoms with Crippen LogP contribution >= 0.6 is 0 Å². The summed E-state index contributed by atoms with van der Waals surface area (Å²) in [6.07, 6.45) is -0.400. The molecule has 0 radical (unpaired) electrons. The summed E-state index contributed by atoms with van der Waals surface area (Å²) in [5.41, 5.74) is 1.54. The number of nitrogens with one attached hydrogen (secondary N) is 1. The summed E-state index contributed by atoms with van der Waals surface area (Å²) in [6.45, 7) is 0.823. The van der Waals surface area contributed by atoms with E-state index in [9.17, 15) is 9.59 Å². The predicted octanol–water partition coefficient (Wildman–Crippen LogP) is 2.92. The molecule has 0 aromatic heterocycles. The van der Waals surface area contributed by atoms with E-state index in [4.69, 9.17) is 18.9 Å². The fraction of sp³-hybridized carbons (Fsp3) is 0.263. The Morgan fingerprint density at radius 1 is 1.07 bits per heavy atom. The fourth-order valence-corrected chi connectivity index (χ4v) is 2.79. The maximum Gasteiger partial charge on any atom is 0.414 e. The van der Waals surface area contributed by atoms with Gasteiger partial charge in [0, 0.05) is 16.9 Å². The molecule has 0 unspecified atom stereocenters. The van der Waals surface area contributed by atoms with Gasteiger partial charge in [-0.15, -0.1) is 0 Å². The number of cyclic esters (lactones) is 1. The van der Waals surface area contributed by atoms with Crippen molar-refractivity contribution in [1.82, 2.24) is 0 Å². The highest BCUT2D eigenvalue weighted by atomic mass is 16.6. The first-order valence-electron chi connectivity index (χ1n) is 8.23. The monoisotopic (exact) mass is 372 g/mol. The van der Waals surface area contributed by atoms with Crippen molar-refractivity contribution in [3.05, 3.63) is 42.0 Å². The number of hydrogen-bond acceptors (Lipinski definition) is 6. The van der Waals surface area contributed by atoms with E-state index in [-0.39, 0.29) is 5.91 Å². The van der Waals surface area contributed by atoms with Gasteiger partial charge in [-0.1, -0.05) is 6.07 Å². The topological polar surface area (TPSA) is 86.3 Å². The van der Waals surface area contributed by atoms with Gasteiger partial charge in [0.15, 0.2) is 11.5 Å². The maximum absolute atomic E-state index is 12.7. The van der Waals surface area contributed by atoms with Gasteiger partial charge in [0.1, 0.15) is 6.61 Å². The predicted molar refractivity (Wildman–Crippen MR) is 99.2 cm³/mol. The van der Waals surface area contributed by atoms with Crippen molar-refractivity contribution in [3.63, 3.8) is 0 Å². The summed E-state index contributed by atoms with van der Waals surface area (Å²) < 4.78 is 20.8. The molecule has 2 aromatic rings. The Bertz CT molecular complexity index is 842. The second-order valence-electron chi connectivity index (χ2n) is 5.68. The van der Waals surface area contributed by atoms with E-state index in [1.54, 1.807) is 36.4 Å². The van der Waals surface area contributed by atoms with Crippen LogP contribution in [0.15, 0.2) is 36.4 Å². The second-order valence-corrected chi connectivity index (χ2v) is 5.68. The van der Waals surface area contributed by atoms with Crippen molar-refractivity contribution in [1.29, 1.82) is 0 Å². The number of carbonyl (C=O) groups excluding carboxylic acids is 2. The summed E-state index contributed by atoms with van der Waals surface area (Å²) in [7, 11) is 4.46. The fourth-order valence-electron chi connectivity index (χ4n) is 2.79. The zero-order valence-corrected chi connectivity index (χ0v) is 15.3. The molecule has 0 saturated carbocycles. The molecule has 27 heavy (non-hydrogen) atoms. The molecule has 142 valence electrons. The van der Waals surface area contributed by atoms with E-state index < -0.39 is 6.09 Å². The molecule has 2 amide bonds. The van der Waals surface area contributed by atoms with Gasteiger partial charge in [-0.25, -0.2) is 4.79 Å². The summed E-state index contributed by atoms with van der Waals surface area (Å²) in [6, 6.07) is 10.1. The highest BCUT2D eigenvalue weighted by molar-refractivity contribution is 6.05. The van der Waals surface area contributed by atoms with Crippen molar-refractivity contribution in [2.24, 2.45) is 0 Å². The Hall–Kier alpha value is -3.42. The molecule has 1 N–H and O–H groups in total. The number of ether oxygens (including phenoxy) is 4. The van der Waals surface area contributed by atoms with Crippen molar-refractivity contribution in [2.75, 3.05) is 44.7 Å². The van der Waals surface area contributed by atoms with E-state index >= 15 is 0 Å². The van der Waals surface area contributed by atoms with E-state index in [1.165, 1.54) is 26.2 Å². The highest BCUT2D eigenvalue weighted by Crippen LogP contribution is 2.38. The Kier molecular flexibility index (Phi) is 5.35. The number of rotatable bonds is 6. The Balaban J connectivity index is 1.84. The third kappa shape index (κ3) is 3.74. The van der Waals surface area contributed by atoms with Gasteiger partial charge in [-0.05, 0) is 30.3 Å². The lowest BCUT2D eigenvalue weighted by molar-refractivity contribution is 0.102. The average Bonchev–Trinajstić information content (AvgIpc) is 3.12. The lowest BCUT2D eigenvalue weighted by Crippen LogP contribution is -2.23. The molecule has 1 aliphatic rings. The molecule has 8 nitrogen and oxygen atoms in total. The summed E-state index contributed by atoms with van der Waals surface area (Å²) in [5.74, 6) is 0.827. The Morgan fingerprint density at radius 2 is 1.78 bits per heavy atom. The molecule has 3 rings (SSSR count). The van der Waals surface area contributed by atoms with Crippen LogP contribution in [0.2, 0.25) is 0 Å². The molecule has 0 spiro atoms. The molecule has 0 atom stereocenters. The summed E-state index contributed by atoms with van der Waals surface area (Å²) in [4.78, 5) is 25.9. The summed E-state index contributed by atoms with van der Waals surface area (Å²) in [5, 5.41) is 2.81. The van der Waals surface area contributed by atoms with Crippen LogP contribution in [0, 0.1) is 0 Å². The zero-order chi connectivity index (χ0) is 19.4. The molecular formula is C19H20N2O6. The largest absolute Gasteiger partial charge is 0.493 e. The Morgan fingerprint density at radius 3 is 2.33 bits per heavy atom. The van der Waals surface area contributed by atoms with Gasteiger partial charge in [0.05, 0.1) is 27.9 Å². The van der Waals surface area contributed by atoms with Crippen molar-refractivity contribution >= 4 is 23.4 Å². The normalized spacial score (nSPS) is 13.1. The molecule has 0 bridgehead atoms. The number of carbonyl (C=O) groups is 2. The quantitative estimate of drug-likeness (QED) is 0.839. The maximum atomic E-state index is 12.7. The van der Waals surface area contributed by atoms with E-state index in [1.807, 2.05) is 0 Å². The van der Waals surface area contributed by atoms with Gasteiger partial charge in [0.25, 0.3) is 5.91 Å². The molecule has 1 aliphatic heterocycles. The minimum Gasteiger partial charge on any atom is -0.493 e. The summed E-state index contributed by atoms with van der Waals surface area (Å²) >= 11 is 0. The third-order valence-corrected chi connectivity index (χ3v) is 4.10. The van der Waals surface area contributed by atoms with E-state index in [2.05, 4.69) is 5.32 Å². The van der Waals surface area contributed by atoms with Gasteiger partial charge in [-0.3, -0.25) is 9.69 Å². The van der Waals surface area contributed by atoms with Crippen LogP contribution in [0.1, 0.15) is 10.4 Å². The molecule has 0 aliphatic carbocycles. The van der Waals surface area contributed by atoms with Crippen LogP contribution in [0.5, 0.6) is 17.2 Å². The number of hydrogen-bond donors (Lipinski definition) is 1. The van der Waals surface area contributed by atoms with Gasteiger partial charge in [-0.2, -0.15) is 0 Å². The molecule has 2 aromatic carbocycles. The van der Waals surface area contributed by atoms with Gasteiger partial charge in [0.2, 0.25) is 5.75 Å². The lowest BCUT2D eigenvalue weighted by Gasteiger charge is -2.15. The van der Waals surface area contributed by atoms with Crippen molar-refractivity contribution in [3.8, 4) is 17.2 Å². The van der Waals surface area contributed by atoms with Crippen LogP contribution < -0.4 is 24.4 Å². The first-order chi connectivity index (χ1) is 13.1. The van der Waals surface area contributed by atoms with Crippen LogP contribution in [0.4, 0.5) is 16.2 Å². The minimum atomic E-state index is -0.400. The van der Waals surface area contributed by atoms with Crippen molar-refractivity contribution in [2.45, 2.75) is 0 Å². The second kappa shape index (κ2) is 7.86. The van der Waals surface area contributed by atoms with Gasteiger partial charge < -0.3 is 24.3 Å². The first-order valence-corrected chi connectivity index (χ1v) is 8.23. The number of methoxy groups -OCH3 is 3. The van der Waals surface area contributed by atoms with Gasteiger partial charge >= 0.3 is 6.09 Å². The number of nitrogens with zero attached hydrogens (tertiary/aromatic N) is 1. The molecular weight excluding hydrogens is 352 g/mol. The van der Waals surface area contributed by atoms with E-state index in [0.29, 0.717) is 47.3 Å². The van der Waals surface area contributed by atoms with Crippen LogP contribution in [0.25, 0.3) is 0 Å². The minimum absolute atomic E-state index is 0.343. The highest BCUT2D eigenvalue weighted by Gasteiger charge is 2.24. The average molecular weight is 372 g/mol. The smallest absolute Gasteiger partial charge is 0.414 e. The number of anilines is 2. The SMILES string of the molecule is COc1cc(C(=O)Nc2cccc(N3CCOC3=O)c2)cc(OC)c1OC. The third-order valence-electron chi connectivity index (χ3n) is 4.10. The van der Waals surface area contributed by atoms with E-state index in [0.717, 1.165) is 0 Å². The molecule has 1 heterocycles. The van der Waals surface area contributed by atoms with Crippen LogP contribution in [-0.2, 0) is 4.74 Å². The molecule has 8 heteroatoms. The van der Waals surface area contributed by atoms with Crippen molar-refractivity contribution < 1.29 is 28.5 Å². The van der Waals surface area contributed by atoms with Crippen LogP contribution in [0.3, 0.4) is 0 Å². The zero-order valence-electron chi connectivity index (χ0n) is 15.3. The first kappa shape index (κ1) is 18.4. The number of amides is 2. The molecule has 1 fully saturated rings. The molecule has 1 saturated heterocycles. The van der Waals surface area contributed by atoms with Crippen LogP contribution in [-0.4, -0.2) is 46.5 Å².